The Morgan fingerprint density at radius 3 is 2.48 bits per heavy atom. The fraction of sp³-hybridized carbons (Fsp3) is 0.529. The molecule has 0 spiro atoms. The van der Waals surface area contributed by atoms with Gasteiger partial charge in [-0.1, -0.05) is 20.8 Å². The number of nitrogens with zero attached hydrogens (tertiary/aromatic N) is 1. The molecule has 1 heterocycles. The lowest BCUT2D eigenvalue weighted by Crippen LogP contribution is -2.46. The van der Waals surface area contributed by atoms with E-state index in [2.05, 4.69) is 20.8 Å². The third-order valence-electron chi connectivity index (χ3n) is 4.67. The molecular weight excluding hydrogens is 264 g/mol. The summed E-state index contributed by atoms with van der Waals surface area (Å²) in [6, 6.07) is 4.97. The monoisotopic (exact) mass is 286 g/mol. The fourth-order valence-corrected chi connectivity index (χ4v) is 4.10. The van der Waals surface area contributed by atoms with E-state index in [4.69, 9.17) is 5.73 Å². The van der Waals surface area contributed by atoms with Crippen LogP contribution in [0.2, 0.25) is 0 Å². The summed E-state index contributed by atoms with van der Waals surface area (Å²) in [4.78, 5) is 26.7. The molecule has 2 amide bonds. The van der Waals surface area contributed by atoms with Crippen molar-refractivity contribution in [3.63, 3.8) is 0 Å². The smallest absolute Gasteiger partial charge is 0.261 e. The maximum atomic E-state index is 12.6. The van der Waals surface area contributed by atoms with Crippen molar-refractivity contribution in [2.45, 2.75) is 46.1 Å². The van der Waals surface area contributed by atoms with Crippen molar-refractivity contribution in [2.75, 3.05) is 5.73 Å². The average molecular weight is 286 g/mol. The molecule has 0 saturated heterocycles. The number of carbonyl (C=O) groups is 2. The zero-order valence-corrected chi connectivity index (χ0v) is 12.8. The summed E-state index contributed by atoms with van der Waals surface area (Å²) >= 11 is 0. The molecular formula is C17H22N2O2. The van der Waals surface area contributed by atoms with Gasteiger partial charge >= 0.3 is 0 Å². The molecule has 2 atom stereocenters. The minimum absolute atomic E-state index is 0.00243. The van der Waals surface area contributed by atoms with Crippen LogP contribution in [0, 0.1) is 11.3 Å². The van der Waals surface area contributed by atoms with E-state index in [1.54, 1.807) is 18.2 Å². The van der Waals surface area contributed by atoms with Gasteiger partial charge < -0.3 is 5.73 Å². The molecule has 1 aromatic carbocycles. The topological polar surface area (TPSA) is 63.4 Å². The van der Waals surface area contributed by atoms with Crippen molar-refractivity contribution in [2.24, 2.45) is 11.3 Å². The summed E-state index contributed by atoms with van der Waals surface area (Å²) in [6.07, 6.45) is 2.91. The maximum Gasteiger partial charge on any atom is 0.261 e. The molecule has 0 bridgehead atoms. The third-order valence-corrected chi connectivity index (χ3v) is 4.67. The quantitative estimate of drug-likeness (QED) is 0.637. The largest absolute Gasteiger partial charge is 0.399 e. The lowest BCUT2D eigenvalue weighted by atomic mass is 9.70. The number of hydrogen-bond donors (Lipinski definition) is 1. The van der Waals surface area contributed by atoms with Gasteiger partial charge in [0, 0.05) is 11.7 Å². The summed E-state index contributed by atoms with van der Waals surface area (Å²) in [7, 11) is 0. The van der Waals surface area contributed by atoms with E-state index in [-0.39, 0.29) is 23.3 Å². The highest BCUT2D eigenvalue weighted by Gasteiger charge is 2.44. The Labute approximate surface area is 125 Å². The predicted octanol–water partition coefficient (Wildman–Crippen LogP) is 3.08. The molecule has 0 radical (unpaired) electrons. The number of benzene rings is 1. The van der Waals surface area contributed by atoms with Crippen LogP contribution < -0.4 is 5.73 Å². The Morgan fingerprint density at radius 1 is 1.14 bits per heavy atom. The van der Waals surface area contributed by atoms with Crippen molar-refractivity contribution in [3.05, 3.63) is 29.3 Å². The standard InChI is InChI=1S/C17H22N2O2/c1-10-6-12(9-17(2,3)8-10)19-15(20)13-5-4-11(18)7-14(13)16(19)21/h4-5,7,10,12H,6,8-9,18H2,1-3H3. The van der Waals surface area contributed by atoms with Crippen LogP contribution in [0.4, 0.5) is 5.69 Å². The van der Waals surface area contributed by atoms with Gasteiger partial charge in [0.25, 0.3) is 11.8 Å². The Morgan fingerprint density at radius 2 is 1.81 bits per heavy atom. The molecule has 2 N–H and O–H groups in total. The van der Waals surface area contributed by atoms with Gasteiger partial charge in [0.1, 0.15) is 0 Å². The van der Waals surface area contributed by atoms with Gasteiger partial charge in [-0.15, -0.1) is 0 Å². The number of anilines is 1. The van der Waals surface area contributed by atoms with Crippen LogP contribution in [0.1, 0.15) is 60.7 Å². The van der Waals surface area contributed by atoms with Crippen molar-refractivity contribution >= 4 is 17.5 Å². The number of fused-ring (bicyclic) bond motifs is 1. The summed E-state index contributed by atoms with van der Waals surface area (Å²) in [6.45, 7) is 6.63. The number of hydrogen-bond acceptors (Lipinski definition) is 3. The first-order chi connectivity index (χ1) is 9.78. The van der Waals surface area contributed by atoms with Gasteiger partial charge in [0.05, 0.1) is 11.1 Å². The molecule has 21 heavy (non-hydrogen) atoms. The second-order valence-electron chi connectivity index (χ2n) is 7.35. The molecule has 1 aromatic rings. The summed E-state index contributed by atoms with van der Waals surface area (Å²) in [5.41, 5.74) is 7.38. The molecule has 4 heteroatoms. The first kappa shape index (κ1) is 14.1. The summed E-state index contributed by atoms with van der Waals surface area (Å²) in [5.74, 6) is 0.176. The van der Waals surface area contributed by atoms with Gasteiger partial charge in [0.2, 0.25) is 0 Å². The van der Waals surface area contributed by atoms with Crippen molar-refractivity contribution in [1.29, 1.82) is 0 Å². The van der Waals surface area contributed by atoms with E-state index in [9.17, 15) is 9.59 Å². The molecule has 1 aliphatic heterocycles. The number of nitrogen functional groups attached to an aromatic ring is 1. The van der Waals surface area contributed by atoms with Crippen LogP contribution in [0.5, 0.6) is 0 Å². The SMILES string of the molecule is CC1CC(N2C(=O)c3ccc(N)cc3C2=O)CC(C)(C)C1. The van der Waals surface area contributed by atoms with E-state index in [1.807, 2.05) is 0 Å². The van der Waals surface area contributed by atoms with Crippen LogP contribution in [-0.2, 0) is 0 Å². The highest BCUT2D eigenvalue weighted by Crippen LogP contribution is 2.42. The molecule has 1 aliphatic carbocycles. The van der Waals surface area contributed by atoms with E-state index in [0.29, 0.717) is 22.7 Å². The summed E-state index contributed by atoms with van der Waals surface area (Å²) in [5, 5.41) is 0. The van der Waals surface area contributed by atoms with E-state index in [0.717, 1.165) is 19.3 Å². The minimum atomic E-state index is -0.183. The Kier molecular flexibility index (Phi) is 3.08. The molecule has 1 fully saturated rings. The van der Waals surface area contributed by atoms with Gasteiger partial charge in [0.15, 0.2) is 0 Å². The lowest BCUT2D eigenvalue weighted by Gasteiger charge is -2.41. The Balaban J connectivity index is 1.94. The van der Waals surface area contributed by atoms with Gasteiger partial charge in [-0.2, -0.15) is 0 Å². The Bertz CT molecular complexity index is 621. The van der Waals surface area contributed by atoms with Crippen molar-refractivity contribution < 1.29 is 9.59 Å². The zero-order chi connectivity index (χ0) is 15.4. The van der Waals surface area contributed by atoms with Crippen molar-refractivity contribution in [3.8, 4) is 0 Å². The first-order valence-corrected chi connectivity index (χ1v) is 7.56. The molecule has 0 aromatic heterocycles. The first-order valence-electron chi connectivity index (χ1n) is 7.56. The fourth-order valence-electron chi connectivity index (χ4n) is 4.10. The van der Waals surface area contributed by atoms with Crippen LogP contribution in [-0.4, -0.2) is 22.8 Å². The number of imide groups is 1. The molecule has 2 aliphatic rings. The van der Waals surface area contributed by atoms with E-state index < -0.39 is 0 Å². The van der Waals surface area contributed by atoms with Gasteiger partial charge in [-0.3, -0.25) is 14.5 Å². The predicted molar refractivity (Wildman–Crippen MR) is 81.9 cm³/mol. The molecule has 2 unspecified atom stereocenters. The third kappa shape index (κ3) is 2.33. The van der Waals surface area contributed by atoms with Crippen LogP contribution >= 0.6 is 0 Å². The molecule has 3 rings (SSSR count). The van der Waals surface area contributed by atoms with Crippen LogP contribution in [0.15, 0.2) is 18.2 Å². The number of nitrogens with two attached hydrogens (primary N) is 1. The zero-order valence-electron chi connectivity index (χ0n) is 12.8. The van der Waals surface area contributed by atoms with E-state index in [1.165, 1.54) is 4.90 Å². The van der Waals surface area contributed by atoms with Crippen LogP contribution in [0.25, 0.3) is 0 Å². The van der Waals surface area contributed by atoms with Gasteiger partial charge in [-0.25, -0.2) is 0 Å². The van der Waals surface area contributed by atoms with Crippen molar-refractivity contribution in [1.82, 2.24) is 4.90 Å². The van der Waals surface area contributed by atoms with Gasteiger partial charge in [-0.05, 0) is 48.8 Å². The molecule has 4 nitrogen and oxygen atoms in total. The maximum absolute atomic E-state index is 12.6. The highest BCUT2D eigenvalue weighted by molar-refractivity contribution is 6.21. The molecule has 1 saturated carbocycles. The second-order valence-corrected chi connectivity index (χ2v) is 7.35. The number of amides is 2. The minimum Gasteiger partial charge on any atom is -0.399 e. The summed E-state index contributed by atoms with van der Waals surface area (Å²) < 4.78 is 0. The second kappa shape index (κ2) is 4.58. The van der Waals surface area contributed by atoms with E-state index >= 15 is 0 Å². The number of rotatable bonds is 1. The van der Waals surface area contributed by atoms with Crippen LogP contribution in [0.3, 0.4) is 0 Å². The molecule has 112 valence electrons. The Hall–Kier alpha value is -1.84. The highest BCUT2D eigenvalue weighted by atomic mass is 16.2. The lowest BCUT2D eigenvalue weighted by molar-refractivity contribution is 0.0411. The normalized spacial score (nSPS) is 27.9. The number of carbonyl (C=O) groups excluding carboxylic acids is 2. The average Bonchev–Trinajstić information content (AvgIpc) is 2.59.